The molecule has 0 unspecified atom stereocenters. The second-order valence-corrected chi connectivity index (χ2v) is 11.9. The number of rotatable bonds is 6. The molecule has 2 fully saturated rings. The second kappa shape index (κ2) is 13.8. The molecule has 0 atom stereocenters. The van der Waals surface area contributed by atoms with E-state index in [0.717, 1.165) is 42.6 Å². The van der Waals surface area contributed by atoms with Gasteiger partial charge in [-0.15, -0.1) is 0 Å². The summed E-state index contributed by atoms with van der Waals surface area (Å²) >= 11 is 13.2. The van der Waals surface area contributed by atoms with Crippen molar-refractivity contribution in [2.24, 2.45) is 0 Å². The quantitative estimate of drug-likeness (QED) is 0.291. The maximum Gasteiger partial charge on any atom is 0.266 e. The monoisotopic (exact) mass is 545 g/mol. The van der Waals surface area contributed by atoms with E-state index in [1.54, 1.807) is 0 Å². The third-order valence-electron chi connectivity index (χ3n) is 7.10. The van der Waals surface area contributed by atoms with Crippen molar-refractivity contribution in [1.29, 1.82) is 0 Å². The SMILES string of the molecule is O=C1C(=Cc2oc(-c3ccc(Cl)cc3)cc2CCCO)SC(=S)N1C1CCCCCCCCCCC1. The summed E-state index contributed by atoms with van der Waals surface area (Å²) in [6.45, 7) is 0.102. The smallest absolute Gasteiger partial charge is 0.266 e. The Labute approximate surface area is 229 Å². The summed E-state index contributed by atoms with van der Waals surface area (Å²) in [7, 11) is 0. The summed E-state index contributed by atoms with van der Waals surface area (Å²) in [5.41, 5.74) is 1.90. The van der Waals surface area contributed by atoms with Gasteiger partial charge in [0.2, 0.25) is 0 Å². The zero-order chi connectivity index (χ0) is 25.3. The molecule has 1 amide bonds. The van der Waals surface area contributed by atoms with Crippen molar-refractivity contribution in [2.45, 2.75) is 89.5 Å². The Morgan fingerprint density at radius 1 is 1.03 bits per heavy atom. The Morgan fingerprint density at radius 3 is 2.25 bits per heavy atom. The maximum absolute atomic E-state index is 13.6. The lowest BCUT2D eigenvalue weighted by Gasteiger charge is -2.27. The van der Waals surface area contributed by atoms with Gasteiger partial charge in [0.25, 0.3) is 5.91 Å². The summed E-state index contributed by atoms with van der Waals surface area (Å²) < 4.78 is 6.89. The molecule has 1 saturated carbocycles. The maximum atomic E-state index is 13.6. The van der Waals surface area contributed by atoms with Crippen LogP contribution in [0.15, 0.2) is 39.7 Å². The number of thiocarbonyl (C=S) groups is 1. The number of aliphatic hydroxyl groups is 1. The molecule has 1 saturated heterocycles. The zero-order valence-corrected chi connectivity index (χ0v) is 23.2. The summed E-state index contributed by atoms with van der Waals surface area (Å²) in [6, 6.07) is 9.69. The Kier molecular flexibility index (Phi) is 10.5. The highest BCUT2D eigenvalue weighted by molar-refractivity contribution is 8.26. The van der Waals surface area contributed by atoms with Crippen LogP contribution in [0.2, 0.25) is 5.02 Å². The minimum absolute atomic E-state index is 0.000328. The molecule has 0 radical (unpaired) electrons. The Bertz CT molecular complexity index is 1050. The van der Waals surface area contributed by atoms with Crippen molar-refractivity contribution in [3.63, 3.8) is 0 Å². The van der Waals surface area contributed by atoms with Gasteiger partial charge in [0.05, 0.1) is 4.91 Å². The van der Waals surface area contributed by atoms with Crippen LogP contribution >= 0.6 is 35.6 Å². The van der Waals surface area contributed by atoms with Gasteiger partial charge in [0.15, 0.2) is 0 Å². The number of nitrogens with zero attached hydrogens (tertiary/aromatic N) is 1. The number of hydrogen-bond acceptors (Lipinski definition) is 5. The van der Waals surface area contributed by atoms with E-state index in [1.807, 2.05) is 41.3 Å². The van der Waals surface area contributed by atoms with Gasteiger partial charge in [0, 0.05) is 29.3 Å². The van der Waals surface area contributed by atoms with Crippen LogP contribution < -0.4 is 0 Å². The first-order valence-corrected chi connectivity index (χ1v) is 14.9. The fourth-order valence-electron chi connectivity index (χ4n) is 5.10. The number of carbonyl (C=O) groups is 1. The molecule has 4 nitrogen and oxygen atoms in total. The van der Waals surface area contributed by atoms with Gasteiger partial charge in [-0.3, -0.25) is 9.69 Å². The van der Waals surface area contributed by atoms with Crippen molar-refractivity contribution in [1.82, 2.24) is 4.90 Å². The first-order valence-electron chi connectivity index (χ1n) is 13.3. The van der Waals surface area contributed by atoms with Gasteiger partial charge in [0.1, 0.15) is 15.8 Å². The minimum atomic E-state index is -0.000328. The molecule has 4 rings (SSSR count). The van der Waals surface area contributed by atoms with E-state index in [1.165, 1.54) is 56.7 Å². The first kappa shape index (κ1) is 27.4. The highest BCUT2D eigenvalue weighted by Crippen LogP contribution is 2.38. The van der Waals surface area contributed by atoms with Crippen LogP contribution in [-0.4, -0.2) is 32.9 Å². The first-order chi connectivity index (χ1) is 17.6. The summed E-state index contributed by atoms with van der Waals surface area (Å²) in [4.78, 5) is 16.1. The predicted molar refractivity (Wildman–Crippen MR) is 154 cm³/mol. The van der Waals surface area contributed by atoms with Gasteiger partial charge in [-0.1, -0.05) is 93.4 Å². The molecule has 1 aromatic heterocycles. The van der Waals surface area contributed by atoms with Crippen molar-refractivity contribution >= 4 is 51.9 Å². The van der Waals surface area contributed by atoms with Crippen LogP contribution in [-0.2, 0) is 11.2 Å². The lowest BCUT2D eigenvalue weighted by atomic mass is 9.97. The van der Waals surface area contributed by atoms with Crippen molar-refractivity contribution in [3.05, 3.63) is 51.6 Å². The molecule has 0 spiro atoms. The Balaban J connectivity index is 1.55. The fraction of sp³-hybridized carbons (Fsp3) is 0.517. The number of amides is 1. The van der Waals surface area contributed by atoms with Gasteiger partial charge in [-0.2, -0.15) is 0 Å². The molecular formula is C29H36ClNO3S2. The van der Waals surface area contributed by atoms with E-state index in [9.17, 15) is 9.90 Å². The Hall–Kier alpha value is -1.60. The number of carbonyl (C=O) groups excluding carboxylic acids is 1. The second-order valence-electron chi connectivity index (χ2n) is 9.80. The largest absolute Gasteiger partial charge is 0.456 e. The average Bonchev–Trinajstić information content (AvgIpc) is 3.38. The molecular weight excluding hydrogens is 510 g/mol. The normalized spacial score (nSPS) is 20.1. The molecule has 2 heterocycles. The van der Waals surface area contributed by atoms with Crippen molar-refractivity contribution < 1.29 is 14.3 Å². The van der Waals surface area contributed by atoms with Crippen LogP contribution in [0.4, 0.5) is 0 Å². The predicted octanol–water partition coefficient (Wildman–Crippen LogP) is 8.40. The van der Waals surface area contributed by atoms with E-state index in [4.69, 9.17) is 28.2 Å². The molecule has 7 heteroatoms. The van der Waals surface area contributed by atoms with E-state index >= 15 is 0 Å². The van der Waals surface area contributed by atoms with Gasteiger partial charge >= 0.3 is 0 Å². The third kappa shape index (κ3) is 7.25. The number of aliphatic hydroxyl groups excluding tert-OH is 1. The van der Waals surface area contributed by atoms with E-state index in [2.05, 4.69) is 0 Å². The minimum Gasteiger partial charge on any atom is -0.456 e. The van der Waals surface area contributed by atoms with E-state index < -0.39 is 0 Å². The zero-order valence-electron chi connectivity index (χ0n) is 20.8. The number of halogens is 1. The molecule has 2 aromatic rings. The number of thioether (sulfide) groups is 1. The van der Waals surface area contributed by atoms with E-state index in [-0.39, 0.29) is 18.6 Å². The highest BCUT2D eigenvalue weighted by atomic mass is 35.5. The summed E-state index contributed by atoms with van der Waals surface area (Å²) in [5.74, 6) is 1.38. The molecule has 194 valence electrons. The lowest BCUT2D eigenvalue weighted by Crippen LogP contribution is -2.38. The van der Waals surface area contributed by atoms with Crippen molar-refractivity contribution in [3.8, 4) is 11.3 Å². The van der Waals surface area contributed by atoms with Crippen LogP contribution in [0, 0.1) is 0 Å². The number of hydrogen-bond donors (Lipinski definition) is 1. The Morgan fingerprint density at radius 2 is 1.64 bits per heavy atom. The van der Waals surface area contributed by atoms with Crippen LogP contribution in [0.1, 0.15) is 88.4 Å². The van der Waals surface area contributed by atoms with Crippen LogP contribution in [0.3, 0.4) is 0 Å². The molecule has 0 bridgehead atoms. The lowest BCUT2D eigenvalue weighted by molar-refractivity contribution is -0.123. The van der Waals surface area contributed by atoms with Gasteiger partial charge in [-0.25, -0.2) is 0 Å². The average molecular weight is 546 g/mol. The molecule has 1 aromatic carbocycles. The van der Waals surface area contributed by atoms with E-state index in [0.29, 0.717) is 32.9 Å². The topological polar surface area (TPSA) is 53.7 Å². The van der Waals surface area contributed by atoms with Crippen LogP contribution in [0.25, 0.3) is 17.4 Å². The summed E-state index contributed by atoms with van der Waals surface area (Å²) in [5, 5.41) is 10.1. The molecule has 2 aliphatic rings. The highest BCUT2D eigenvalue weighted by Gasteiger charge is 2.37. The third-order valence-corrected chi connectivity index (χ3v) is 8.68. The molecule has 36 heavy (non-hydrogen) atoms. The van der Waals surface area contributed by atoms with Crippen molar-refractivity contribution in [2.75, 3.05) is 6.61 Å². The van der Waals surface area contributed by atoms with Crippen LogP contribution in [0.5, 0.6) is 0 Å². The standard InChI is InChI=1S/C29H36ClNO3S2/c30-23-16-14-21(15-17-23)25-19-22(11-10-18-32)26(34-25)20-27-28(33)31(29(35)36-27)24-12-8-6-4-2-1-3-5-7-9-13-24/h14-17,19-20,24,32H,1-13,18H2. The molecule has 1 aliphatic heterocycles. The number of furan rings is 1. The molecule has 1 aliphatic carbocycles. The van der Waals surface area contributed by atoms with Gasteiger partial charge in [-0.05, 0) is 61.6 Å². The van der Waals surface area contributed by atoms with Gasteiger partial charge < -0.3 is 9.52 Å². The summed E-state index contributed by atoms with van der Waals surface area (Å²) in [6.07, 6.45) is 16.5. The number of aryl methyl sites for hydroxylation is 1. The fourth-order valence-corrected chi connectivity index (χ4v) is 6.60. The molecule has 1 N–H and O–H groups in total. The number of benzene rings is 1.